The molecule has 7 heteroatoms. The average Bonchev–Trinajstić information content (AvgIpc) is 4.06. The van der Waals surface area contributed by atoms with E-state index in [0.29, 0.717) is 18.4 Å². The first-order valence-corrected chi connectivity index (χ1v) is 20.9. The number of fused-ring (bicyclic) bond motifs is 8. The number of nitrogens with one attached hydrogen (secondary N) is 2. The van der Waals surface area contributed by atoms with Gasteiger partial charge in [-0.3, -0.25) is 9.97 Å². The van der Waals surface area contributed by atoms with E-state index in [2.05, 4.69) is 163 Å². The second-order valence-electron chi connectivity index (χ2n) is 17.6. The van der Waals surface area contributed by atoms with Crippen molar-refractivity contribution in [2.24, 2.45) is 0 Å². The van der Waals surface area contributed by atoms with Crippen LogP contribution in [0.2, 0.25) is 0 Å². The van der Waals surface area contributed by atoms with Gasteiger partial charge in [0.05, 0.1) is 50.5 Å². The number of rotatable bonds is 4. The van der Waals surface area contributed by atoms with E-state index in [1.54, 1.807) is 24.3 Å². The van der Waals surface area contributed by atoms with Crippen molar-refractivity contribution >= 4 is 33.7 Å². The van der Waals surface area contributed by atoms with E-state index in [0.717, 1.165) is 89.5 Å². The van der Waals surface area contributed by atoms with Crippen molar-refractivity contribution in [3.05, 3.63) is 184 Å². The third kappa shape index (κ3) is 7.66. The zero-order valence-corrected chi connectivity index (χ0v) is 35.8. The van der Waals surface area contributed by atoms with Crippen LogP contribution in [0.1, 0.15) is 83.1 Å². The molecule has 0 unspecified atom stereocenters. The smallest absolute Gasteiger partial charge is 0.335 e. The summed E-state index contributed by atoms with van der Waals surface area (Å²) in [6.45, 7) is 9.01. The molecular weight excluding hydrogens is 763 g/mol. The predicted molar refractivity (Wildman–Crippen MR) is 251 cm³/mol. The van der Waals surface area contributed by atoms with Gasteiger partial charge in [-0.1, -0.05) is 112 Å². The topological polar surface area (TPSA) is 97.9 Å². The summed E-state index contributed by atoms with van der Waals surface area (Å²) in [5.41, 5.74) is 15.3. The molecule has 0 fully saturated rings. The van der Waals surface area contributed by atoms with Gasteiger partial charge in [0.25, 0.3) is 0 Å². The van der Waals surface area contributed by atoms with Gasteiger partial charge in [-0.15, -0.1) is 0 Å². The minimum absolute atomic E-state index is 0.216. The molecule has 0 atom stereocenters. The number of nitrogens with zero attached hydrogens (tertiary/aromatic N) is 3. The number of aromatic amines is 2. The number of anilines is 1. The number of carboxylic acids is 1. The molecule has 3 aromatic heterocycles. The molecule has 0 radical (unpaired) electrons. The van der Waals surface area contributed by atoms with Gasteiger partial charge in [-0.25, -0.2) is 4.79 Å². The van der Waals surface area contributed by atoms with Crippen LogP contribution in [-0.4, -0.2) is 45.1 Å². The molecule has 8 bridgehead atoms. The predicted octanol–water partition coefficient (Wildman–Crippen LogP) is 11.3. The van der Waals surface area contributed by atoms with Crippen LogP contribution < -0.4 is 4.90 Å². The van der Waals surface area contributed by atoms with Crippen LogP contribution in [0.3, 0.4) is 0 Å². The summed E-state index contributed by atoms with van der Waals surface area (Å²) >= 11 is 0. The van der Waals surface area contributed by atoms with Crippen LogP contribution in [0.5, 0.6) is 0 Å². The van der Waals surface area contributed by atoms with E-state index in [-0.39, 0.29) is 16.4 Å². The number of carboxylic acid groups (broad SMARTS) is 1. The minimum Gasteiger partial charge on any atom is -0.478 e. The van der Waals surface area contributed by atoms with Crippen molar-refractivity contribution in [2.45, 2.75) is 51.4 Å². The number of carbonyl (C=O) groups is 1. The molecule has 7 nitrogen and oxygen atoms in total. The van der Waals surface area contributed by atoms with Crippen molar-refractivity contribution in [3.8, 4) is 45.9 Å². The van der Waals surface area contributed by atoms with Gasteiger partial charge < -0.3 is 20.0 Å². The Morgan fingerprint density at radius 1 is 0.548 bits per heavy atom. The second kappa shape index (κ2) is 15.8. The largest absolute Gasteiger partial charge is 0.478 e. The standard InChI is InChI=1S/C55H47N5O2/c1-54(2)33-47-41(27-21-35-17-23-39(24-18-35)53(61)62)43-29-31-45(56-43)49(37-13-9-7-10-14-37)52-55(3,4)34-48(59-52)42(28-22-36-19-25-40(26-20-36)60(5)6)44-30-32-46(57-44)50(51(54)58-47)38-15-11-8-12-16-38/h7-20,23-26,29-32,56-57H,33-34H2,1-6H3,(H,61,62). The van der Waals surface area contributed by atoms with Crippen molar-refractivity contribution in [3.63, 3.8) is 0 Å². The zero-order valence-electron chi connectivity index (χ0n) is 35.8. The summed E-state index contributed by atoms with van der Waals surface area (Å²) in [5.74, 6) is 13.0. The van der Waals surface area contributed by atoms with E-state index in [4.69, 9.17) is 9.97 Å². The van der Waals surface area contributed by atoms with Crippen LogP contribution in [0.25, 0.3) is 44.3 Å². The molecule has 0 saturated carbocycles. The molecule has 7 aromatic rings. The first kappa shape index (κ1) is 39.8. The quantitative estimate of drug-likeness (QED) is 0.154. The Kier molecular flexibility index (Phi) is 10.1. The molecule has 4 aromatic carbocycles. The SMILES string of the molecule is CN(C)c1ccc(C#Cc2c3nc(c(-c4ccccc4)c4ccc([nH]4)c(C#Cc4ccc(C(=O)O)cc4)c4nc(c(-c5ccccc5)c5ccc2[nH]5)C(C)(C)C4)C(C)(C)C3)cc1. The lowest BCUT2D eigenvalue weighted by molar-refractivity contribution is 0.0697. The molecule has 5 heterocycles. The van der Waals surface area contributed by atoms with Crippen LogP contribution >= 0.6 is 0 Å². The van der Waals surface area contributed by atoms with Crippen molar-refractivity contribution in [1.29, 1.82) is 0 Å². The summed E-state index contributed by atoms with van der Waals surface area (Å²) < 4.78 is 0. The maximum atomic E-state index is 11.6. The zero-order chi connectivity index (χ0) is 43.2. The molecule has 0 spiro atoms. The molecule has 0 amide bonds. The van der Waals surface area contributed by atoms with E-state index in [9.17, 15) is 9.90 Å². The fraction of sp³-hybridized carbons (Fsp3) is 0.182. The van der Waals surface area contributed by atoms with Crippen LogP contribution in [0, 0.1) is 23.7 Å². The monoisotopic (exact) mass is 809 g/mol. The normalized spacial score (nSPS) is 13.6. The molecule has 0 saturated heterocycles. The first-order chi connectivity index (χ1) is 29.8. The minimum atomic E-state index is -0.973. The molecule has 2 aliphatic heterocycles. The molecule has 0 aliphatic carbocycles. The Morgan fingerprint density at radius 3 is 1.35 bits per heavy atom. The van der Waals surface area contributed by atoms with E-state index < -0.39 is 5.97 Å². The Labute approximate surface area is 362 Å². The third-order valence-electron chi connectivity index (χ3n) is 11.8. The molecule has 62 heavy (non-hydrogen) atoms. The first-order valence-electron chi connectivity index (χ1n) is 20.9. The van der Waals surface area contributed by atoms with Crippen molar-refractivity contribution < 1.29 is 9.90 Å². The summed E-state index contributed by atoms with van der Waals surface area (Å²) in [6.07, 6.45) is 1.32. The van der Waals surface area contributed by atoms with E-state index in [1.807, 2.05) is 26.2 Å². The Hall–Kier alpha value is -7.61. The van der Waals surface area contributed by atoms with Crippen LogP contribution in [0.4, 0.5) is 5.69 Å². The third-order valence-corrected chi connectivity index (χ3v) is 11.8. The highest BCUT2D eigenvalue weighted by atomic mass is 16.4. The van der Waals surface area contributed by atoms with Crippen LogP contribution in [0.15, 0.2) is 133 Å². The number of hydrogen-bond acceptors (Lipinski definition) is 4. The lowest BCUT2D eigenvalue weighted by atomic mass is 9.82. The number of benzene rings is 4. The van der Waals surface area contributed by atoms with Crippen molar-refractivity contribution in [1.82, 2.24) is 19.9 Å². The number of H-pyrrole nitrogens is 2. The van der Waals surface area contributed by atoms with Crippen LogP contribution in [-0.2, 0) is 23.7 Å². The highest BCUT2D eigenvalue weighted by Crippen LogP contribution is 2.42. The van der Waals surface area contributed by atoms with Gasteiger partial charge in [0.15, 0.2) is 0 Å². The molecule has 3 N–H and O–H groups in total. The fourth-order valence-electron chi connectivity index (χ4n) is 8.55. The Morgan fingerprint density at radius 2 is 0.952 bits per heavy atom. The fourth-order valence-corrected chi connectivity index (χ4v) is 8.55. The van der Waals surface area contributed by atoms with E-state index in [1.165, 1.54) is 0 Å². The molecule has 304 valence electrons. The summed E-state index contributed by atoms with van der Waals surface area (Å²) in [6, 6.07) is 44.4. The number of hydrogen-bond donors (Lipinski definition) is 3. The summed E-state index contributed by atoms with van der Waals surface area (Å²) in [5, 5.41) is 9.53. The van der Waals surface area contributed by atoms with Gasteiger partial charge in [-0.05, 0) is 83.9 Å². The van der Waals surface area contributed by atoms with Gasteiger partial charge in [-0.2, -0.15) is 0 Å². The lowest BCUT2D eigenvalue weighted by Crippen LogP contribution is -2.17. The maximum Gasteiger partial charge on any atom is 0.335 e. The second-order valence-corrected chi connectivity index (χ2v) is 17.6. The molecule has 9 rings (SSSR count). The van der Waals surface area contributed by atoms with Gasteiger partial charge in [0.1, 0.15) is 0 Å². The summed E-state index contributed by atoms with van der Waals surface area (Å²) in [4.78, 5) is 32.5. The average molecular weight is 810 g/mol. The number of aromatic nitrogens is 4. The molecule has 2 aliphatic rings. The van der Waals surface area contributed by atoms with Gasteiger partial charge in [0, 0.05) is 76.7 Å². The maximum absolute atomic E-state index is 11.6. The Bertz CT molecular complexity index is 3130. The highest BCUT2D eigenvalue weighted by Gasteiger charge is 2.35. The van der Waals surface area contributed by atoms with E-state index >= 15 is 0 Å². The van der Waals surface area contributed by atoms with Crippen molar-refractivity contribution in [2.75, 3.05) is 19.0 Å². The highest BCUT2D eigenvalue weighted by molar-refractivity contribution is 5.89. The Balaban J connectivity index is 1.42. The lowest BCUT2D eigenvalue weighted by Gasteiger charge is -2.20. The van der Waals surface area contributed by atoms with Gasteiger partial charge >= 0.3 is 5.97 Å². The summed E-state index contributed by atoms with van der Waals surface area (Å²) in [7, 11) is 4.08. The molecular formula is C55H47N5O2. The van der Waals surface area contributed by atoms with Gasteiger partial charge in [0.2, 0.25) is 0 Å². The number of aromatic carboxylic acids is 1.